The van der Waals surface area contributed by atoms with E-state index in [1.54, 1.807) is 12.3 Å². The fourth-order valence-electron chi connectivity index (χ4n) is 3.35. The van der Waals surface area contributed by atoms with Crippen molar-refractivity contribution in [2.24, 2.45) is 12.0 Å². The van der Waals surface area contributed by atoms with Gasteiger partial charge in [0.2, 0.25) is 5.95 Å². The van der Waals surface area contributed by atoms with Crippen molar-refractivity contribution in [3.63, 3.8) is 0 Å². The second-order valence-corrected chi connectivity index (χ2v) is 7.24. The molecule has 0 atom stereocenters. The number of halogens is 1. The van der Waals surface area contributed by atoms with E-state index in [0.717, 1.165) is 35.8 Å². The molecule has 2 aromatic heterocycles. The highest BCUT2D eigenvalue weighted by molar-refractivity contribution is 6.36. The number of fused-ring (bicyclic) bond motifs is 1. The third kappa shape index (κ3) is 3.44. The van der Waals surface area contributed by atoms with Crippen LogP contribution in [0.5, 0.6) is 11.5 Å². The van der Waals surface area contributed by atoms with Gasteiger partial charge >= 0.3 is 0 Å². The van der Waals surface area contributed by atoms with Crippen molar-refractivity contribution in [3.05, 3.63) is 71.5 Å². The molecule has 0 saturated heterocycles. The number of anilines is 2. The molecule has 7 nitrogen and oxygen atoms in total. The molecule has 1 aliphatic rings. The third-order valence-electron chi connectivity index (χ3n) is 4.86. The summed E-state index contributed by atoms with van der Waals surface area (Å²) in [5.74, 6) is 2.65. The first-order valence-corrected chi connectivity index (χ1v) is 9.96. The van der Waals surface area contributed by atoms with Crippen LogP contribution in [0, 0.1) is 0 Å². The fourth-order valence-corrected chi connectivity index (χ4v) is 3.59. The number of benzene rings is 2. The van der Waals surface area contributed by atoms with Gasteiger partial charge in [0, 0.05) is 31.5 Å². The quantitative estimate of drug-likeness (QED) is 0.498. The van der Waals surface area contributed by atoms with E-state index in [-0.39, 0.29) is 0 Å². The van der Waals surface area contributed by atoms with Crippen molar-refractivity contribution in [1.29, 1.82) is 0 Å². The number of pyridine rings is 1. The van der Waals surface area contributed by atoms with Crippen LogP contribution < -0.4 is 15.4 Å². The number of nitrogens with zero attached hydrogens (tertiary/aromatic N) is 4. The zero-order valence-electron chi connectivity index (χ0n) is 16.3. The topological polar surface area (TPSA) is 76.4 Å². The monoisotopic (exact) mass is 418 g/mol. The maximum Gasteiger partial charge on any atom is 0.208 e. The molecular weight excluding hydrogens is 400 g/mol. The van der Waals surface area contributed by atoms with Crippen LogP contribution in [0.25, 0.3) is 11.0 Å². The van der Waals surface area contributed by atoms with Gasteiger partial charge in [0.05, 0.1) is 12.1 Å². The predicted octanol–water partition coefficient (Wildman–Crippen LogP) is 4.51. The van der Waals surface area contributed by atoms with Crippen LogP contribution in [0.4, 0.5) is 11.6 Å². The molecule has 4 aromatic rings. The summed E-state index contributed by atoms with van der Waals surface area (Å²) in [4.78, 5) is 13.4. The summed E-state index contributed by atoms with van der Waals surface area (Å²) in [5.41, 5.74) is 3.28. The Balaban J connectivity index is 1.46. The van der Waals surface area contributed by atoms with Gasteiger partial charge in [-0.1, -0.05) is 29.8 Å². The summed E-state index contributed by atoms with van der Waals surface area (Å²) in [6.45, 7) is 1.58. The number of ether oxygens (including phenoxy) is 1. The van der Waals surface area contributed by atoms with Crippen LogP contribution >= 0.6 is 11.6 Å². The lowest BCUT2D eigenvalue weighted by Gasteiger charge is -2.09. The molecule has 150 valence electrons. The van der Waals surface area contributed by atoms with E-state index in [9.17, 15) is 0 Å². The minimum Gasteiger partial charge on any atom is -0.456 e. The predicted molar refractivity (Wildman–Crippen MR) is 119 cm³/mol. The molecule has 0 saturated carbocycles. The Hall–Kier alpha value is -3.58. The smallest absolute Gasteiger partial charge is 0.208 e. The second-order valence-electron chi connectivity index (χ2n) is 6.87. The van der Waals surface area contributed by atoms with Gasteiger partial charge in [-0.15, -0.1) is 0 Å². The Kier molecular flexibility index (Phi) is 4.72. The highest BCUT2D eigenvalue weighted by Crippen LogP contribution is 2.36. The van der Waals surface area contributed by atoms with Gasteiger partial charge in [0.1, 0.15) is 33.6 Å². The molecule has 0 bridgehead atoms. The number of imidazole rings is 1. The number of nitrogens with one attached hydrogen (secondary N) is 2. The number of aliphatic imine (C=N–C) groups is 1. The van der Waals surface area contributed by atoms with Gasteiger partial charge < -0.3 is 19.9 Å². The highest BCUT2D eigenvalue weighted by Gasteiger charge is 2.16. The first kappa shape index (κ1) is 18.4. The minimum atomic E-state index is 0.457. The maximum atomic E-state index is 6.67. The average Bonchev–Trinajstić information content (AvgIpc) is 3.41. The molecule has 8 heteroatoms. The first-order valence-electron chi connectivity index (χ1n) is 9.58. The molecule has 0 aliphatic carbocycles. The number of rotatable bonds is 5. The zero-order chi connectivity index (χ0) is 20.5. The fraction of sp³-hybridized carbons (Fsp3) is 0.136. The van der Waals surface area contributed by atoms with Crippen LogP contribution in [-0.4, -0.2) is 33.5 Å². The van der Waals surface area contributed by atoms with Gasteiger partial charge in [-0.25, -0.2) is 4.98 Å². The summed E-state index contributed by atoms with van der Waals surface area (Å²) in [6, 6.07) is 17.3. The largest absolute Gasteiger partial charge is 0.456 e. The van der Waals surface area contributed by atoms with E-state index in [4.69, 9.17) is 16.3 Å². The number of hydrogen-bond donors (Lipinski definition) is 2. The summed E-state index contributed by atoms with van der Waals surface area (Å²) in [5, 5.41) is 6.99. The Morgan fingerprint density at radius 2 is 2.00 bits per heavy atom. The van der Waals surface area contributed by atoms with Crippen molar-refractivity contribution in [1.82, 2.24) is 19.9 Å². The standard InChI is InChI=1S/C22H19ClN6O/c1-29-17-7-8-18(30-15-9-10-24-16(13-15)21-25-11-12-26-21)19(23)20(17)28-22(29)27-14-5-3-2-4-6-14/h2-10,13H,11-12H2,1H3,(H,25,26)(H,27,28). The molecule has 2 aromatic carbocycles. The normalized spacial score (nSPS) is 13.2. The first-order chi connectivity index (χ1) is 14.7. The van der Waals surface area contributed by atoms with E-state index < -0.39 is 0 Å². The van der Waals surface area contributed by atoms with E-state index in [1.807, 2.05) is 60.1 Å². The number of para-hydroxylation sites is 1. The number of amidine groups is 1. The van der Waals surface area contributed by atoms with Crippen LogP contribution in [0.15, 0.2) is 65.8 Å². The highest BCUT2D eigenvalue weighted by atomic mass is 35.5. The van der Waals surface area contributed by atoms with E-state index in [1.165, 1.54) is 0 Å². The molecule has 30 heavy (non-hydrogen) atoms. The van der Waals surface area contributed by atoms with Crippen LogP contribution in [0.2, 0.25) is 5.02 Å². The maximum absolute atomic E-state index is 6.67. The molecule has 2 N–H and O–H groups in total. The number of hydrogen-bond acceptors (Lipinski definition) is 6. The van der Waals surface area contributed by atoms with Gasteiger partial charge in [0.25, 0.3) is 0 Å². The summed E-state index contributed by atoms with van der Waals surface area (Å²) in [6.07, 6.45) is 1.70. The summed E-state index contributed by atoms with van der Waals surface area (Å²) < 4.78 is 8.03. The van der Waals surface area contributed by atoms with Gasteiger partial charge in [-0.05, 0) is 30.3 Å². The van der Waals surface area contributed by atoms with Crippen LogP contribution in [0.1, 0.15) is 5.69 Å². The SMILES string of the molecule is Cn1c(Nc2ccccc2)nc2c(Cl)c(Oc3ccnc(C4=NCCN4)c3)ccc21. The lowest BCUT2D eigenvalue weighted by Crippen LogP contribution is -2.20. The molecule has 0 unspecified atom stereocenters. The van der Waals surface area contributed by atoms with Crippen molar-refractivity contribution < 1.29 is 4.74 Å². The van der Waals surface area contributed by atoms with E-state index in [2.05, 4.69) is 25.6 Å². The molecule has 0 amide bonds. The third-order valence-corrected chi connectivity index (χ3v) is 5.23. The molecule has 5 rings (SSSR count). The summed E-state index contributed by atoms with van der Waals surface area (Å²) in [7, 11) is 1.95. The van der Waals surface area contributed by atoms with E-state index in [0.29, 0.717) is 28.0 Å². The average molecular weight is 419 g/mol. The zero-order valence-corrected chi connectivity index (χ0v) is 17.0. The Morgan fingerprint density at radius 3 is 2.80 bits per heavy atom. The second kappa shape index (κ2) is 7.68. The van der Waals surface area contributed by atoms with Crippen molar-refractivity contribution in [2.75, 3.05) is 18.4 Å². The Morgan fingerprint density at radius 1 is 1.13 bits per heavy atom. The molecule has 3 heterocycles. The van der Waals surface area contributed by atoms with Gasteiger partial charge in [-0.3, -0.25) is 9.98 Å². The lowest BCUT2D eigenvalue weighted by molar-refractivity contribution is 0.482. The summed E-state index contributed by atoms with van der Waals surface area (Å²) >= 11 is 6.67. The lowest BCUT2D eigenvalue weighted by atomic mass is 10.3. The Bertz CT molecular complexity index is 1250. The van der Waals surface area contributed by atoms with Crippen molar-refractivity contribution in [2.45, 2.75) is 0 Å². The minimum absolute atomic E-state index is 0.457. The number of aryl methyl sites for hydroxylation is 1. The molecular formula is C22H19ClN6O. The molecule has 1 aliphatic heterocycles. The number of aromatic nitrogens is 3. The molecule has 0 fully saturated rings. The van der Waals surface area contributed by atoms with Gasteiger partial charge in [-0.2, -0.15) is 0 Å². The van der Waals surface area contributed by atoms with E-state index >= 15 is 0 Å². The van der Waals surface area contributed by atoms with Crippen LogP contribution in [0.3, 0.4) is 0 Å². The molecule has 0 radical (unpaired) electrons. The van der Waals surface area contributed by atoms with Crippen molar-refractivity contribution in [3.8, 4) is 11.5 Å². The molecule has 0 spiro atoms. The van der Waals surface area contributed by atoms with Gasteiger partial charge in [0.15, 0.2) is 0 Å². The van der Waals surface area contributed by atoms with Crippen LogP contribution in [-0.2, 0) is 7.05 Å². The Labute approximate surface area is 178 Å². The van der Waals surface area contributed by atoms with Crippen molar-refractivity contribution >= 4 is 40.1 Å².